The number of nitrogens with zero attached hydrogens (tertiary/aromatic N) is 4. The van der Waals surface area contributed by atoms with Crippen LogP contribution in [0.5, 0.6) is 0 Å². The number of hydrogen-bond acceptors (Lipinski definition) is 5. The molecule has 0 bridgehead atoms. The Morgan fingerprint density at radius 2 is 1.90 bits per heavy atom. The summed E-state index contributed by atoms with van der Waals surface area (Å²) in [4.78, 5) is 30.9. The van der Waals surface area contributed by atoms with Crippen molar-refractivity contribution in [2.75, 3.05) is 19.6 Å². The molecule has 3 saturated heterocycles. The number of carbonyl (C=O) groups is 2. The van der Waals surface area contributed by atoms with E-state index in [0.717, 1.165) is 61.1 Å². The minimum Gasteiger partial charge on any atom is -0.299 e. The average Bonchev–Trinajstić information content (AvgIpc) is 3.12. The predicted molar refractivity (Wildman–Crippen MR) is 152 cm³/mol. The maximum absolute atomic E-state index is 13.6. The summed E-state index contributed by atoms with van der Waals surface area (Å²) in [5.41, 5.74) is 0.808. The Morgan fingerprint density at radius 1 is 1.12 bits per heavy atom. The van der Waals surface area contributed by atoms with Crippen molar-refractivity contribution in [1.82, 2.24) is 19.6 Å². The molecule has 11 heteroatoms. The number of amides is 2. The van der Waals surface area contributed by atoms with Crippen LogP contribution in [0.3, 0.4) is 0 Å². The van der Waals surface area contributed by atoms with Gasteiger partial charge in [-0.05, 0) is 97.4 Å². The van der Waals surface area contributed by atoms with Crippen molar-refractivity contribution >= 4 is 51.5 Å². The lowest BCUT2D eigenvalue weighted by molar-refractivity contribution is -0.138. The van der Waals surface area contributed by atoms with Crippen LogP contribution in [0.15, 0.2) is 47.5 Å². The van der Waals surface area contributed by atoms with Crippen LogP contribution in [0, 0.1) is 10.8 Å². The molecule has 1 aliphatic carbocycles. The molecule has 1 saturated carbocycles. The van der Waals surface area contributed by atoms with Crippen molar-refractivity contribution in [2.45, 2.75) is 51.4 Å². The second kappa shape index (κ2) is 9.34. The molecule has 3 aromatic rings. The van der Waals surface area contributed by atoms with Crippen LogP contribution < -0.4 is 0 Å². The van der Waals surface area contributed by atoms with Gasteiger partial charge in [0.05, 0.1) is 28.7 Å². The Labute approximate surface area is 244 Å². The van der Waals surface area contributed by atoms with Gasteiger partial charge in [-0.25, -0.2) is 0 Å². The highest BCUT2D eigenvalue weighted by Gasteiger charge is 2.77. The van der Waals surface area contributed by atoms with Gasteiger partial charge in [0.1, 0.15) is 0 Å². The second-order valence-electron chi connectivity index (χ2n) is 11.9. The standard InChI is InChI=1S/C30H28ClF3N4O2S/c1-28-8-2-10-36-11-3-9-29(28,26(28)36)17-37-25(39)24(41-27(37)40)13-18-4-7-23-20(12-18)15-35-38(23)16-19-5-6-21(31)14-22(19)30(32,33)34/h4-7,12-15,26H,2-3,8-11,16-17H2,1H3/b24-13-. The first-order valence-electron chi connectivity index (χ1n) is 13.8. The van der Waals surface area contributed by atoms with Crippen molar-refractivity contribution in [2.24, 2.45) is 10.8 Å². The van der Waals surface area contributed by atoms with Crippen molar-refractivity contribution in [1.29, 1.82) is 0 Å². The van der Waals surface area contributed by atoms with Gasteiger partial charge in [-0.2, -0.15) is 18.3 Å². The van der Waals surface area contributed by atoms with E-state index in [4.69, 9.17) is 11.6 Å². The predicted octanol–water partition coefficient (Wildman–Crippen LogP) is 7.06. The highest BCUT2D eigenvalue weighted by Crippen LogP contribution is 2.74. The summed E-state index contributed by atoms with van der Waals surface area (Å²) < 4.78 is 42.3. The molecule has 1 aromatic heterocycles. The minimum atomic E-state index is -4.54. The number of rotatable bonds is 5. The third-order valence-corrected chi connectivity index (χ3v) is 10.9. The highest BCUT2D eigenvalue weighted by atomic mass is 35.5. The quantitative estimate of drug-likeness (QED) is 0.294. The molecular weight excluding hydrogens is 573 g/mol. The van der Waals surface area contributed by atoms with Crippen LogP contribution in [0.1, 0.15) is 49.3 Å². The van der Waals surface area contributed by atoms with Gasteiger partial charge < -0.3 is 0 Å². The van der Waals surface area contributed by atoms with E-state index in [1.807, 2.05) is 6.07 Å². The van der Waals surface area contributed by atoms with Gasteiger partial charge in [0, 0.05) is 28.4 Å². The van der Waals surface area contributed by atoms with Crippen molar-refractivity contribution < 1.29 is 22.8 Å². The molecule has 41 heavy (non-hydrogen) atoms. The van der Waals surface area contributed by atoms with Gasteiger partial charge in [0.25, 0.3) is 11.1 Å². The maximum Gasteiger partial charge on any atom is 0.416 e. The summed E-state index contributed by atoms with van der Waals surface area (Å²) >= 11 is 6.79. The second-order valence-corrected chi connectivity index (χ2v) is 13.3. The topological polar surface area (TPSA) is 58.4 Å². The zero-order chi connectivity index (χ0) is 28.7. The minimum absolute atomic E-state index is 0.00730. The largest absolute Gasteiger partial charge is 0.416 e. The van der Waals surface area contributed by atoms with E-state index in [-0.39, 0.29) is 39.1 Å². The number of aromatic nitrogens is 2. The Bertz CT molecular complexity index is 1640. The number of benzene rings is 2. The number of halogens is 4. The number of hydrogen-bond donors (Lipinski definition) is 0. The Kier molecular flexibility index (Phi) is 6.16. The van der Waals surface area contributed by atoms with Crippen molar-refractivity contribution in [3.8, 4) is 0 Å². The van der Waals surface area contributed by atoms with Gasteiger partial charge in [-0.3, -0.25) is 24.1 Å². The zero-order valence-corrected chi connectivity index (χ0v) is 24.0. The van der Waals surface area contributed by atoms with E-state index in [1.54, 1.807) is 24.4 Å². The molecule has 2 aromatic carbocycles. The number of thioether (sulfide) groups is 1. The smallest absolute Gasteiger partial charge is 0.299 e. The van der Waals surface area contributed by atoms with Gasteiger partial charge >= 0.3 is 6.18 Å². The first kappa shape index (κ1) is 27.0. The molecule has 0 radical (unpaired) electrons. The van der Waals surface area contributed by atoms with Crippen molar-refractivity contribution in [3.05, 3.63) is 69.2 Å². The maximum atomic E-state index is 13.6. The van der Waals surface area contributed by atoms with Gasteiger partial charge in [0.2, 0.25) is 0 Å². The van der Waals surface area contributed by atoms with Crippen LogP contribution in [0.25, 0.3) is 17.0 Å². The molecule has 0 spiro atoms. The van der Waals surface area contributed by atoms with Crippen LogP contribution in [-0.4, -0.2) is 56.4 Å². The van der Waals surface area contributed by atoms with Gasteiger partial charge in [0.15, 0.2) is 0 Å². The number of imide groups is 1. The first-order chi connectivity index (χ1) is 19.5. The molecule has 214 valence electrons. The fourth-order valence-electron chi connectivity index (χ4n) is 7.84. The molecule has 4 fully saturated rings. The SMILES string of the molecule is CC12CCCN3CCCC1(CN1C(=O)S/C(=C\c4ccc5c(cnn5Cc5ccc(Cl)cc5C(F)(F)F)c4)C1=O)C32. The van der Waals surface area contributed by atoms with E-state index in [2.05, 4.69) is 16.9 Å². The molecular formula is C30H28ClF3N4O2S. The molecule has 7 rings (SSSR count). The van der Waals surface area contributed by atoms with Crippen LogP contribution >= 0.6 is 23.4 Å². The molecule has 3 unspecified atom stereocenters. The van der Waals surface area contributed by atoms with E-state index < -0.39 is 11.7 Å². The molecule has 3 atom stereocenters. The summed E-state index contributed by atoms with van der Waals surface area (Å²) in [6.07, 6.45) is 3.22. The van der Waals surface area contributed by atoms with Gasteiger partial charge in [-0.15, -0.1) is 0 Å². The zero-order valence-electron chi connectivity index (χ0n) is 22.4. The van der Waals surface area contributed by atoms with E-state index >= 15 is 0 Å². The van der Waals surface area contributed by atoms with E-state index in [9.17, 15) is 22.8 Å². The van der Waals surface area contributed by atoms with Crippen LogP contribution in [0.4, 0.5) is 18.0 Å². The first-order valence-corrected chi connectivity index (χ1v) is 15.0. The number of alkyl halides is 3. The lowest BCUT2D eigenvalue weighted by Gasteiger charge is -2.33. The number of piperidine rings is 2. The summed E-state index contributed by atoms with van der Waals surface area (Å²) in [7, 11) is 0. The lowest BCUT2D eigenvalue weighted by Crippen LogP contribution is -2.42. The number of carbonyl (C=O) groups excluding carboxylic acids is 2. The molecule has 0 N–H and O–H groups in total. The van der Waals surface area contributed by atoms with Crippen LogP contribution in [-0.2, 0) is 17.5 Å². The summed E-state index contributed by atoms with van der Waals surface area (Å²) in [6.45, 7) is 4.93. The fraction of sp³-hybridized carbons (Fsp3) is 0.433. The molecule has 3 aliphatic heterocycles. The molecule has 4 heterocycles. The summed E-state index contributed by atoms with van der Waals surface area (Å²) in [6, 6.07) is 9.56. The summed E-state index contributed by atoms with van der Waals surface area (Å²) in [5.74, 6) is -0.253. The fourth-order valence-corrected chi connectivity index (χ4v) is 8.85. The van der Waals surface area contributed by atoms with E-state index in [1.165, 1.54) is 28.1 Å². The highest BCUT2D eigenvalue weighted by molar-refractivity contribution is 8.18. The molecule has 4 aliphatic rings. The Balaban J connectivity index is 1.11. The Morgan fingerprint density at radius 3 is 2.68 bits per heavy atom. The lowest BCUT2D eigenvalue weighted by atomic mass is 9.86. The summed E-state index contributed by atoms with van der Waals surface area (Å²) in [5, 5.41) is 4.83. The van der Waals surface area contributed by atoms with E-state index in [0.29, 0.717) is 23.0 Å². The van der Waals surface area contributed by atoms with Crippen molar-refractivity contribution in [3.63, 3.8) is 0 Å². The van der Waals surface area contributed by atoms with Crippen LogP contribution in [0.2, 0.25) is 5.02 Å². The van der Waals surface area contributed by atoms with Gasteiger partial charge in [-0.1, -0.05) is 30.7 Å². The number of fused-ring (bicyclic) bond motifs is 2. The third-order valence-electron chi connectivity index (χ3n) is 9.73. The monoisotopic (exact) mass is 600 g/mol. The normalized spacial score (nSPS) is 29.0. The third kappa shape index (κ3) is 4.24. The molecule has 2 amide bonds. The average molecular weight is 601 g/mol. The molecule has 6 nitrogen and oxygen atoms in total. The Hall–Kier alpha value is -2.82.